The van der Waals surface area contributed by atoms with Crippen molar-refractivity contribution in [1.82, 2.24) is 9.97 Å². The van der Waals surface area contributed by atoms with Gasteiger partial charge in [0, 0.05) is 18.3 Å². The molecule has 0 unspecified atom stereocenters. The van der Waals surface area contributed by atoms with Gasteiger partial charge in [-0.05, 0) is 32.0 Å². The lowest BCUT2D eigenvalue weighted by molar-refractivity contribution is -0.114. The van der Waals surface area contributed by atoms with E-state index in [-0.39, 0.29) is 11.9 Å². The predicted octanol–water partition coefficient (Wildman–Crippen LogP) is 3.50. The third-order valence-electron chi connectivity index (χ3n) is 2.44. The van der Waals surface area contributed by atoms with Crippen LogP contribution in [0, 0.1) is 13.8 Å². The van der Waals surface area contributed by atoms with Gasteiger partial charge in [-0.3, -0.25) is 4.79 Å². The summed E-state index contributed by atoms with van der Waals surface area (Å²) < 4.78 is 5.63. The molecule has 2 aromatic rings. The minimum absolute atomic E-state index is 0.219. The number of benzene rings is 1. The van der Waals surface area contributed by atoms with Crippen molar-refractivity contribution in [1.29, 1.82) is 0 Å². The number of carbonyl (C=O) groups excluding carboxylic acids is 1. The summed E-state index contributed by atoms with van der Waals surface area (Å²) in [6.07, 6.45) is 0. The minimum Gasteiger partial charge on any atom is -0.422 e. The molecule has 1 aromatic carbocycles. The molecule has 6 heteroatoms. The number of rotatable bonds is 3. The SMILES string of the molecule is CC(=O)Nc1c(Cl)cccc1Oc1nc(C)cc(C)n1. The molecule has 0 fully saturated rings. The summed E-state index contributed by atoms with van der Waals surface area (Å²) in [5.41, 5.74) is 2.01. The van der Waals surface area contributed by atoms with Crippen LogP contribution in [0.3, 0.4) is 0 Å². The van der Waals surface area contributed by atoms with Crippen LogP contribution >= 0.6 is 11.6 Å². The van der Waals surface area contributed by atoms with Crippen LogP contribution < -0.4 is 10.1 Å². The molecule has 20 heavy (non-hydrogen) atoms. The Morgan fingerprint density at radius 1 is 1.25 bits per heavy atom. The summed E-state index contributed by atoms with van der Waals surface area (Å²) in [6.45, 7) is 5.11. The van der Waals surface area contributed by atoms with Gasteiger partial charge in [-0.25, -0.2) is 9.97 Å². The first-order valence-corrected chi connectivity index (χ1v) is 6.40. The fraction of sp³-hybridized carbons (Fsp3) is 0.214. The van der Waals surface area contributed by atoms with E-state index >= 15 is 0 Å². The molecule has 1 amide bonds. The van der Waals surface area contributed by atoms with E-state index in [1.54, 1.807) is 18.2 Å². The molecule has 0 aliphatic heterocycles. The van der Waals surface area contributed by atoms with E-state index in [0.717, 1.165) is 11.4 Å². The summed E-state index contributed by atoms with van der Waals surface area (Å²) in [7, 11) is 0. The van der Waals surface area contributed by atoms with Gasteiger partial charge in [0.2, 0.25) is 5.91 Å². The summed E-state index contributed by atoms with van der Waals surface area (Å²) >= 11 is 6.07. The first-order chi connectivity index (χ1) is 9.45. The van der Waals surface area contributed by atoms with E-state index in [1.807, 2.05) is 19.9 Å². The van der Waals surface area contributed by atoms with Crippen molar-refractivity contribution in [2.24, 2.45) is 0 Å². The van der Waals surface area contributed by atoms with Crippen molar-refractivity contribution in [3.05, 3.63) is 40.7 Å². The van der Waals surface area contributed by atoms with Crippen LogP contribution in [-0.2, 0) is 4.79 Å². The van der Waals surface area contributed by atoms with Gasteiger partial charge in [0.25, 0.3) is 0 Å². The van der Waals surface area contributed by atoms with Gasteiger partial charge in [-0.2, -0.15) is 0 Å². The van der Waals surface area contributed by atoms with Crippen LogP contribution in [-0.4, -0.2) is 15.9 Å². The highest BCUT2D eigenvalue weighted by atomic mass is 35.5. The lowest BCUT2D eigenvalue weighted by atomic mass is 10.3. The lowest BCUT2D eigenvalue weighted by Crippen LogP contribution is -2.08. The van der Waals surface area contributed by atoms with Gasteiger partial charge in [0.1, 0.15) is 5.69 Å². The molecule has 0 aliphatic carbocycles. The molecule has 1 aromatic heterocycles. The Morgan fingerprint density at radius 2 is 1.90 bits per heavy atom. The fourth-order valence-electron chi connectivity index (χ4n) is 1.72. The van der Waals surface area contributed by atoms with Crippen LogP contribution in [0.1, 0.15) is 18.3 Å². The van der Waals surface area contributed by atoms with Crippen molar-refractivity contribution < 1.29 is 9.53 Å². The zero-order valence-corrected chi connectivity index (χ0v) is 12.2. The third-order valence-corrected chi connectivity index (χ3v) is 2.75. The topological polar surface area (TPSA) is 64.1 Å². The second kappa shape index (κ2) is 5.88. The zero-order chi connectivity index (χ0) is 14.7. The molecule has 2 rings (SSSR count). The fourth-order valence-corrected chi connectivity index (χ4v) is 1.94. The van der Waals surface area contributed by atoms with Crippen LogP contribution in [0.2, 0.25) is 5.02 Å². The molecule has 0 radical (unpaired) electrons. The molecule has 1 heterocycles. The van der Waals surface area contributed by atoms with Gasteiger partial charge in [0.05, 0.1) is 5.02 Å². The average Bonchev–Trinajstić information content (AvgIpc) is 2.32. The Kier molecular flexibility index (Phi) is 4.20. The molecule has 0 aliphatic rings. The molecular weight excluding hydrogens is 278 g/mol. The van der Waals surface area contributed by atoms with Crippen molar-refractivity contribution >= 4 is 23.2 Å². The first kappa shape index (κ1) is 14.3. The van der Waals surface area contributed by atoms with E-state index in [0.29, 0.717) is 16.5 Å². The van der Waals surface area contributed by atoms with E-state index < -0.39 is 0 Å². The highest BCUT2D eigenvalue weighted by molar-refractivity contribution is 6.34. The third kappa shape index (κ3) is 3.45. The molecule has 104 valence electrons. The number of nitrogens with zero attached hydrogens (tertiary/aromatic N) is 2. The number of para-hydroxylation sites is 1. The Bertz CT molecular complexity index is 639. The Labute approximate surface area is 122 Å². The van der Waals surface area contributed by atoms with E-state index in [1.165, 1.54) is 6.92 Å². The van der Waals surface area contributed by atoms with Gasteiger partial charge in [-0.1, -0.05) is 17.7 Å². The normalized spacial score (nSPS) is 10.2. The maximum absolute atomic E-state index is 11.2. The number of aryl methyl sites for hydroxylation is 2. The maximum Gasteiger partial charge on any atom is 0.322 e. The summed E-state index contributed by atoms with van der Waals surface area (Å²) in [4.78, 5) is 19.6. The van der Waals surface area contributed by atoms with Crippen LogP contribution in [0.25, 0.3) is 0 Å². The largest absolute Gasteiger partial charge is 0.422 e. The number of nitrogens with one attached hydrogen (secondary N) is 1. The molecule has 0 saturated carbocycles. The number of aromatic nitrogens is 2. The van der Waals surface area contributed by atoms with Gasteiger partial charge >= 0.3 is 6.01 Å². The molecule has 1 N–H and O–H groups in total. The van der Waals surface area contributed by atoms with Crippen LogP contribution in [0.5, 0.6) is 11.8 Å². The summed E-state index contributed by atoms with van der Waals surface area (Å²) in [6, 6.07) is 7.15. The second-order valence-electron chi connectivity index (χ2n) is 4.33. The maximum atomic E-state index is 11.2. The standard InChI is InChI=1S/C14H14ClN3O2/c1-8-7-9(2)17-14(16-8)20-12-6-4-5-11(15)13(12)18-10(3)19/h4-7H,1-3H3,(H,18,19). The van der Waals surface area contributed by atoms with Gasteiger partial charge in [-0.15, -0.1) is 0 Å². The van der Waals surface area contributed by atoms with Gasteiger partial charge < -0.3 is 10.1 Å². The molecule has 5 nitrogen and oxygen atoms in total. The zero-order valence-electron chi connectivity index (χ0n) is 11.4. The van der Waals surface area contributed by atoms with Crippen molar-refractivity contribution in [2.45, 2.75) is 20.8 Å². The number of carbonyl (C=O) groups is 1. The van der Waals surface area contributed by atoms with E-state index in [2.05, 4.69) is 15.3 Å². The summed E-state index contributed by atoms with van der Waals surface area (Å²) in [5, 5.41) is 3.03. The Morgan fingerprint density at radius 3 is 2.50 bits per heavy atom. The van der Waals surface area contributed by atoms with Crippen molar-refractivity contribution in [3.8, 4) is 11.8 Å². The predicted molar refractivity (Wildman–Crippen MR) is 77.3 cm³/mol. The molecule has 0 bridgehead atoms. The van der Waals surface area contributed by atoms with Crippen molar-refractivity contribution in [3.63, 3.8) is 0 Å². The number of hydrogen-bond donors (Lipinski definition) is 1. The number of halogens is 1. The Hall–Kier alpha value is -2.14. The minimum atomic E-state index is -0.232. The summed E-state index contributed by atoms with van der Waals surface area (Å²) in [5.74, 6) is 0.169. The molecule has 0 atom stereocenters. The second-order valence-corrected chi connectivity index (χ2v) is 4.74. The van der Waals surface area contributed by atoms with E-state index in [4.69, 9.17) is 16.3 Å². The number of ether oxygens (including phenoxy) is 1. The average molecular weight is 292 g/mol. The smallest absolute Gasteiger partial charge is 0.322 e. The monoisotopic (exact) mass is 291 g/mol. The molecule has 0 spiro atoms. The lowest BCUT2D eigenvalue weighted by Gasteiger charge is -2.12. The number of amides is 1. The molecular formula is C14H14ClN3O2. The highest BCUT2D eigenvalue weighted by Crippen LogP contribution is 2.34. The van der Waals surface area contributed by atoms with E-state index in [9.17, 15) is 4.79 Å². The Balaban J connectivity index is 2.37. The number of hydrogen-bond acceptors (Lipinski definition) is 4. The van der Waals surface area contributed by atoms with Gasteiger partial charge in [0.15, 0.2) is 5.75 Å². The first-order valence-electron chi connectivity index (χ1n) is 6.02. The van der Waals surface area contributed by atoms with Crippen molar-refractivity contribution in [2.75, 3.05) is 5.32 Å². The van der Waals surface area contributed by atoms with Crippen LogP contribution in [0.15, 0.2) is 24.3 Å². The molecule has 0 saturated heterocycles. The highest BCUT2D eigenvalue weighted by Gasteiger charge is 2.12. The van der Waals surface area contributed by atoms with Crippen LogP contribution in [0.4, 0.5) is 5.69 Å². The number of anilines is 1. The quantitative estimate of drug-likeness (QED) is 0.940.